The summed E-state index contributed by atoms with van der Waals surface area (Å²) >= 11 is 0. The predicted molar refractivity (Wildman–Crippen MR) is 48.6 cm³/mol. The summed E-state index contributed by atoms with van der Waals surface area (Å²) in [5.41, 5.74) is 7.84. The van der Waals surface area contributed by atoms with Gasteiger partial charge in [0.15, 0.2) is 0 Å². The molecule has 0 amide bonds. The third kappa shape index (κ3) is 0.987. The van der Waals surface area contributed by atoms with Crippen molar-refractivity contribution >= 4 is 11.0 Å². The molecule has 1 atom stereocenters. The van der Waals surface area contributed by atoms with E-state index < -0.39 is 0 Å². The molecule has 0 saturated heterocycles. The maximum atomic E-state index is 5.76. The molecule has 0 fully saturated rings. The molecule has 12 heavy (non-hydrogen) atoms. The van der Waals surface area contributed by atoms with Gasteiger partial charge in [-0.25, -0.2) is 0 Å². The highest BCUT2D eigenvalue weighted by Gasteiger charge is 2.02. The minimum atomic E-state index is 0.00620. The normalized spacial score (nSPS) is 13.5. The molecule has 0 radical (unpaired) electrons. The van der Waals surface area contributed by atoms with Gasteiger partial charge in [-0.1, -0.05) is 0 Å². The van der Waals surface area contributed by atoms with Crippen LogP contribution in [0.3, 0.4) is 0 Å². The lowest BCUT2D eigenvalue weighted by Crippen LogP contribution is -2.12. The van der Waals surface area contributed by atoms with E-state index in [1.54, 1.807) is 6.20 Å². The average molecular weight is 161 g/mol. The summed E-state index contributed by atoms with van der Waals surface area (Å²) in [7, 11) is 0. The zero-order valence-corrected chi connectivity index (χ0v) is 6.94. The number of hydrogen-bond donors (Lipinski definition) is 1. The molecule has 0 saturated carbocycles. The quantitative estimate of drug-likeness (QED) is 0.689. The Morgan fingerprint density at radius 3 is 3.08 bits per heavy atom. The molecule has 0 aliphatic heterocycles. The summed E-state index contributed by atoms with van der Waals surface area (Å²) in [5.74, 6) is 0. The largest absolute Gasteiger partial charge is 0.331 e. The molecule has 3 nitrogen and oxygen atoms in total. The summed E-state index contributed by atoms with van der Waals surface area (Å²) < 4.78 is 2.00. The highest BCUT2D eigenvalue weighted by Crippen LogP contribution is 2.14. The fourth-order valence-corrected chi connectivity index (χ4v) is 1.34. The second-order valence-corrected chi connectivity index (χ2v) is 2.87. The third-order valence-corrected chi connectivity index (χ3v) is 1.93. The molecule has 62 valence electrons. The molecule has 0 aliphatic carbocycles. The Kier molecular flexibility index (Phi) is 1.59. The first-order chi connectivity index (χ1) is 5.79. The first kappa shape index (κ1) is 7.31. The lowest BCUT2D eigenvalue weighted by Gasteiger charge is -2.07. The van der Waals surface area contributed by atoms with Crippen molar-refractivity contribution in [2.24, 2.45) is 5.73 Å². The molecular weight excluding hydrogens is 150 g/mol. The first-order valence-corrected chi connectivity index (χ1v) is 3.96. The minimum absolute atomic E-state index is 0.00620. The van der Waals surface area contributed by atoms with E-state index in [9.17, 15) is 0 Å². The van der Waals surface area contributed by atoms with Gasteiger partial charge in [0.2, 0.25) is 0 Å². The van der Waals surface area contributed by atoms with Gasteiger partial charge >= 0.3 is 0 Å². The Hall–Kier alpha value is -1.35. The lowest BCUT2D eigenvalue weighted by atomic mass is 10.4. The lowest BCUT2D eigenvalue weighted by molar-refractivity contribution is 0.592. The monoisotopic (exact) mass is 161 g/mol. The van der Waals surface area contributed by atoms with E-state index in [1.165, 1.54) is 0 Å². The van der Waals surface area contributed by atoms with Crippen molar-refractivity contribution in [2.45, 2.75) is 13.1 Å². The second kappa shape index (κ2) is 2.60. The molecule has 2 N–H and O–H groups in total. The SMILES string of the molecule is CC(N)n1ccc2ncccc21. The van der Waals surface area contributed by atoms with Crippen molar-refractivity contribution in [1.82, 2.24) is 9.55 Å². The van der Waals surface area contributed by atoms with Crippen molar-refractivity contribution < 1.29 is 0 Å². The molecule has 2 heterocycles. The van der Waals surface area contributed by atoms with E-state index in [4.69, 9.17) is 5.73 Å². The van der Waals surface area contributed by atoms with Gasteiger partial charge in [-0.2, -0.15) is 0 Å². The minimum Gasteiger partial charge on any atom is -0.331 e. The second-order valence-electron chi connectivity index (χ2n) is 2.87. The van der Waals surface area contributed by atoms with Gasteiger partial charge < -0.3 is 10.3 Å². The van der Waals surface area contributed by atoms with Gasteiger partial charge in [0.1, 0.15) is 0 Å². The molecule has 0 bridgehead atoms. The summed E-state index contributed by atoms with van der Waals surface area (Å²) in [4.78, 5) is 4.21. The van der Waals surface area contributed by atoms with Gasteiger partial charge in [-0.3, -0.25) is 4.98 Å². The maximum Gasteiger partial charge on any atom is 0.0881 e. The molecule has 2 rings (SSSR count). The number of aromatic nitrogens is 2. The van der Waals surface area contributed by atoms with Crippen LogP contribution in [-0.2, 0) is 0 Å². The smallest absolute Gasteiger partial charge is 0.0881 e. The molecule has 0 spiro atoms. The first-order valence-electron chi connectivity index (χ1n) is 3.96. The Balaban J connectivity index is 2.70. The number of nitrogens with zero attached hydrogens (tertiary/aromatic N) is 2. The molecule has 2 aromatic heterocycles. The van der Waals surface area contributed by atoms with Crippen LogP contribution in [0.2, 0.25) is 0 Å². The summed E-state index contributed by atoms with van der Waals surface area (Å²) in [6.45, 7) is 1.95. The standard InChI is InChI=1S/C9H11N3/c1-7(10)12-6-4-8-9(12)3-2-5-11-8/h2-7H,10H2,1H3. The topological polar surface area (TPSA) is 43.8 Å². The predicted octanol–water partition coefficient (Wildman–Crippen LogP) is 1.51. The van der Waals surface area contributed by atoms with E-state index >= 15 is 0 Å². The van der Waals surface area contributed by atoms with Crippen LogP contribution < -0.4 is 5.73 Å². The van der Waals surface area contributed by atoms with Crippen LogP contribution in [0, 0.1) is 0 Å². The Morgan fingerprint density at radius 2 is 2.33 bits per heavy atom. The van der Waals surface area contributed by atoms with E-state index in [-0.39, 0.29) is 6.17 Å². The van der Waals surface area contributed by atoms with Crippen molar-refractivity contribution in [3.05, 3.63) is 30.6 Å². The number of fused-ring (bicyclic) bond motifs is 1. The van der Waals surface area contributed by atoms with Gasteiger partial charge in [0.05, 0.1) is 17.2 Å². The Labute approximate surface area is 70.8 Å². The molecule has 3 heteroatoms. The van der Waals surface area contributed by atoms with Crippen LogP contribution >= 0.6 is 0 Å². The van der Waals surface area contributed by atoms with Gasteiger partial charge in [0, 0.05) is 12.4 Å². The van der Waals surface area contributed by atoms with Crippen molar-refractivity contribution in [2.75, 3.05) is 0 Å². The summed E-state index contributed by atoms with van der Waals surface area (Å²) in [5, 5.41) is 0. The summed E-state index contributed by atoms with van der Waals surface area (Å²) in [6, 6.07) is 5.91. The number of nitrogens with two attached hydrogens (primary N) is 1. The van der Waals surface area contributed by atoms with E-state index in [0.29, 0.717) is 0 Å². The molecular formula is C9H11N3. The van der Waals surface area contributed by atoms with E-state index in [1.807, 2.05) is 35.9 Å². The average Bonchev–Trinajstić information content (AvgIpc) is 2.47. The Bertz CT molecular complexity index is 389. The molecule has 0 aromatic carbocycles. The molecule has 1 unspecified atom stereocenters. The zero-order valence-electron chi connectivity index (χ0n) is 6.94. The fraction of sp³-hybridized carbons (Fsp3) is 0.222. The third-order valence-electron chi connectivity index (χ3n) is 1.93. The molecule has 0 aliphatic rings. The van der Waals surface area contributed by atoms with Crippen LogP contribution in [0.15, 0.2) is 30.6 Å². The van der Waals surface area contributed by atoms with Crippen molar-refractivity contribution in [3.63, 3.8) is 0 Å². The molecule has 2 aromatic rings. The maximum absolute atomic E-state index is 5.76. The Morgan fingerprint density at radius 1 is 1.50 bits per heavy atom. The van der Waals surface area contributed by atoms with Crippen molar-refractivity contribution in [3.8, 4) is 0 Å². The number of rotatable bonds is 1. The van der Waals surface area contributed by atoms with Crippen LogP contribution in [0.1, 0.15) is 13.1 Å². The zero-order chi connectivity index (χ0) is 8.55. The fourth-order valence-electron chi connectivity index (χ4n) is 1.34. The van der Waals surface area contributed by atoms with Crippen LogP contribution in [0.25, 0.3) is 11.0 Å². The van der Waals surface area contributed by atoms with Crippen LogP contribution in [0.4, 0.5) is 0 Å². The van der Waals surface area contributed by atoms with Crippen LogP contribution in [0.5, 0.6) is 0 Å². The highest BCUT2D eigenvalue weighted by molar-refractivity contribution is 5.75. The van der Waals surface area contributed by atoms with E-state index in [0.717, 1.165) is 11.0 Å². The van der Waals surface area contributed by atoms with Crippen molar-refractivity contribution in [1.29, 1.82) is 0 Å². The number of hydrogen-bond acceptors (Lipinski definition) is 2. The number of pyridine rings is 1. The van der Waals surface area contributed by atoms with Gasteiger partial charge in [-0.15, -0.1) is 0 Å². The van der Waals surface area contributed by atoms with Gasteiger partial charge in [-0.05, 0) is 25.1 Å². The van der Waals surface area contributed by atoms with Crippen LogP contribution in [-0.4, -0.2) is 9.55 Å². The van der Waals surface area contributed by atoms with E-state index in [2.05, 4.69) is 4.98 Å². The van der Waals surface area contributed by atoms with Gasteiger partial charge in [0.25, 0.3) is 0 Å². The highest BCUT2D eigenvalue weighted by atomic mass is 15.1. The summed E-state index contributed by atoms with van der Waals surface area (Å²) in [6.07, 6.45) is 3.75.